The molecule has 0 bridgehead atoms. The second-order valence-electron chi connectivity index (χ2n) is 3.72. The van der Waals surface area contributed by atoms with E-state index in [1.54, 1.807) is 6.20 Å². The van der Waals surface area contributed by atoms with Gasteiger partial charge in [0.15, 0.2) is 0 Å². The Hall–Kier alpha value is -1.57. The maximum atomic E-state index is 4.02. The fraction of sp³-hybridized carbons (Fsp3) is 0.400. The third-order valence-electron chi connectivity index (χ3n) is 2.36. The van der Waals surface area contributed by atoms with Crippen LogP contribution in [0.4, 0.5) is 0 Å². The van der Waals surface area contributed by atoms with Crippen LogP contribution in [0.5, 0.6) is 0 Å². The van der Waals surface area contributed by atoms with E-state index in [0.29, 0.717) is 5.92 Å². The minimum atomic E-state index is 0. The van der Waals surface area contributed by atoms with Gasteiger partial charge in [-0.15, -0.1) is 0 Å². The Balaban J connectivity index is 0.000000811. The van der Waals surface area contributed by atoms with Gasteiger partial charge in [-0.1, -0.05) is 47.3 Å². The number of hydrogen-bond donors (Lipinski definition) is 0. The van der Waals surface area contributed by atoms with Crippen molar-refractivity contribution in [3.05, 3.63) is 48.5 Å². The Kier molecular flexibility index (Phi) is 6.95. The smallest absolute Gasteiger partial charge is 0.0991 e. The van der Waals surface area contributed by atoms with Crippen molar-refractivity contribution >= 4 is 0 Å². The fourth-order valence-corrected chi connectivity index (χ4v) is 1.44. The number of hydrogen-bond acceptors (Lipinski definition) is 1. The highest BCUT2D eigenvalue weighted by Gasteiger charge is 1.99. The molecule has 0 N–H and O–H groups in total. The molecule has 0 aliphatic rings. The summed E-state index contributed by atoms with van der Waals surface area (Å²) in [5.41, 5.74) is 2.53. The van der Waals surface area contributed by atoms with Gasteiger partial charge < -0.3 is 4.57 Å². The van der Waals surface area contributed by atoms with Gasteiger partial charge in [0, 0.05) is 18.1 Å². The topological polar surface area (TPSA) is 17.8 Å². The zero-order chi connectivity index (χ0) is 12.0. The van der Waals surface area contributed by atoms with Gasteiger partial charge in [0.2, 0.25) is 0 Å². The molecule has 0 aliphatic carbocycles. The lowest BCUT2D eigenvalue weighted by atomic mass is 10.0. The Morgan fingerprint density at radius 3 is 2.06 bits per heavy atom. The van der Waals surface area contributed by atoms with Crippen molar-refractivity contribution < 1.29 is 0 Å². The third kappa shape index (κ3) is 4.06. The van der Waals surface area contributed by atoms with Crippen LogP contribution < -0.4 is 0 Å². The van der Waals surface area contributed by atoms with Gasteiger partial charge in [-0.05, 0) is 23.6 Å². The molecule has 0 unspecified atom stereocenters. The van der Waals surface area contributed by atoms with Crippen molar-refractivity contribution in [1.82, 2.24) is 9.55 Å². The molecule has 1 heterocycles. The molecule has 0 atom stereocenters. The number of nitrogens with zero attached hydrogens (tertiary/aromatic N) is 2. The lowest BCUT2D eigenvalue weighted by Gasteiger charge is -2.06. The number of imidazole rings is 1. The van der Waals surface area contributed by atoms with Crippen LogP contribution in [-0.2, 0) is 0 Å². The fourth-order valence-electron chi connectivity index (χ4n) is 1.44. The summed E-state index contributed by atoms with van der Waals surface area (Å²) < 4.78 is 2.00. The lowest BCUT2D eigenvalue weighted by Crippen LogP contribution is -1.91. The van der Waals surface area contributed by atoms with Gasteiger partial charge in [0.05, 0.1) is 6.33 Å². The highest BCUT2D eigenvalue weighted by atomic mass is 15.0. The molecule has 0 saturated carbocycles. The first-order valence-corrected chi connectivity index (χ1v) is 5.85. The molecule has 0 spiro atoms. The van der Waals surface area contributed by atoms with Gasteiger partial charge in [0.1, 0.15) is 0 Å². The van der Waals surface area contributed by atoms with Crippen LogP contribution in [0.25, 0.3) is 5.69 Å². The summed E-state index contributed by atoms with van der Waals surface area (Å²) in [5.74, 6) is 0.590. The predicted octanol–water partition coefficient (Wildman–Crippen LogP) is 4.66. The van der Waals surface area contributed by atoms with Crippen molar-refractivity contribution in [2.45, 2.75) is 41.0 Å². The van der Waals surface area contributed by atoms with E-state index >= 15 is 0 Å². The number of benzene rings is 1. The maximum absolute atomic E-state index is 4.02. The van der Waals surface area contributed by atoms with Gasteiger partial charge in [-0.3, -0.25) is 0 Å². The summed E-state index contributed by atoms with van der Waals surface area (Å²) in [6, 6.07) is 8.58. The Labute approximate surface area is 105 Å². The molecule has 1 aromatic heterocycles. The normalized spacial score (nSPS) is 9.24. The number of aromatic nitrogens is 2. The first-order chi connectivity index (χ1) is 7.77. The molecule has 2 aromatic rings. The Morgan fingerprint density at radius 2 is 1.65 bits per heavy atom. The van der Waals surface area contributed by atoms with Crippen molar-refractivity contribution in [3.63, 3.8) is 0 Å². The van der Waals surface area contributed by atoms with Crippen LogP contribution in [0.3, 0.4) is 0 Å². The molecule has 0 fully saturated rings. The van der Waals surface area contributed by atoms with Gasteiger partial charge in [-0.2, -0.15) is 0 Å². The highest BCUT2D eigenvalue weighted by Crippen LogP contribution is 2.16. The van der Waals surface area contributed by atoms with E-state index < -0.39 is 0 Å². The average Bonchev–Trinajstić information content (AvgIpc) is 2.85. The van der Waals surface area contributed by atoms with Crippen molar-refractivity contribution in [2.24, 2.45) is 0 Å². The molecule has 0 aliphatic heterocycles. The quantitative estimate of drug-likeness (QED) is 0.736. The third-order valence-corrected chi connectivity index (χ3v) is 2.36. The molecule has 17 heavy (non-hydrogen) atoms. The van der Waals surface area contributed by atoms with Crippen LogP contribution in [0, 0.1) is 0 Å². The summed E-state index contributed by atoms with van der Waals surface area (Å²) in [7, 11) is 0. The monoisotopic (exact) mass is 232 g/mol. The van der Waals surface area contributed by atoms with Crippen molar-refractivity contribution in [3.8, 4) is 5.69 Å². The number of rotatable bonds is 2. The van der Waals surface area contributed by atoms with Crippen LogP contribution in [0.2, 0.25) is 0 Å². The van der Waals surface area contributed by atoms with E-state index in [-0.39, 0.29) is 7.43 Å². The summed E-state index contributed by atoms with van der Waals surface area (Å²) in [6.45, 7) is 8.40. The molecular formula is C15H24N2. The first kappa shape index (κ1) is 15.4. The Morgan fingerprint density at radius 1 is 1.06 bits per heavy atom. The Bertz CT molecular complexity index is 385. The van der Waals surface area contributed by atoms with Crippen LogP contribution >= 0.6 is 0 Å². The molecule has 2 rings (SSSR count). The van der Waals surface area contributed by atoms with Gasteiger partial charge >= 0.3 is 0 Å². The second-order valence-corrected chi connectivity index (χ2v) is 3.72. The summed E-state index contributed by atoms with van der Waals surface area (Å²) in [6.07, 6.45) is 5.55. The van der Waals surface area contributed by atoms with E-state index in [0.717, 1.165) is 5.69 Å². The van der Waals surface area contributed by atoms with E-state index in [1.165, 1.54) is 5.56 Å². The standard InChI is InChI=1S/C12H14N2.C2H6.CH4/c1-10(2)11-3-5-12(6-4-11)14-8-7-13-9-14;1-2;/h3-10H,1-2H3;1-2H3;1H4. The van der Waals surface area contributed by atoms with Crippen LogP contribution in [0.15, 0.2) is 43.0 Å². The van der Waals surface area contributed by atoms with E-state index in [1.807, 2.05) is 30.9 Å². The molecule has 2 nitrogen and oxygen atoms in total. The lowest BCUT2D eigenvalue weighted by molar-refractivity contribution is 0.865. The molecule has 94 valence electrons. The average molecular weight is 232 g/mol. The summed E-state index contributed by atoms with van der Waals surface area (Å²) in [4.78, 5) is 4.02. The largest absolute Gasteiger partial charge is 0.306 e. The molecule has 0 saturated heterocycles. The van der Waals surface area contributed by atoms with Crippen molar-refractivity contribution in [1.29, 1.82) is 0 Å². The zero-order valence-corrected chi connectivity index (χ0v) is 10.5. The highest BCUT2D eigenvalue weighted by molar-refractivity contribution is 5.35. The SMILES string of the molecule is C.CC.CC(C)c1ccc(-n2ccnc2)cc1. The second kappa shape index (κ2) is 7.66. The maximum Gasteiger partial charge on any atom is 0.0991 e. The molecule has 2 heteroatoms. The van der Waals surface area contributed by atoms with Crippen LogP contribution in [-0.4, -0.2) is 9.55 Å². The molecule has 0 amide bonds. The van der Waals surface area contributed by atoms with Crippen molar-refractivity contribution in [2.75, 3.05) is 0 Å². The summed E-state index contributed by atoms with van der Waals surface area (Å²) in [5, 5.41) is 0. The predicted molar refractivity (Wildman–Crippen MR) is 75.7 cm³/mol. The molecule has 0 radical (unpaired) electrons. The van der Waals surface area contributed by atoms with Gasteiger partial charge in [-0.25, -0.2) is 4.98 Å². The minimum Gasteiger partial charge on any atom is -0.306 e. The van der Waals surface area contributed by atoms with Crippen LogP contribution in [0.1, 0.15) is 46.6 Å². The summed E-state index contributed by atoms with van der Waals surface area (Å²) >= 11 is 0. The molecule has 1 aromatic carbocycles. The first-order valence-electron chi connectivity index (χ1n) is 5.85. The zero-order valence-electron chi connectivity index (χ0n) is 10.5. The minimum absolute atomic E-state index is 0. The van der Waals surface area contributed by atoms with Gasteiger partial charge in [0.25, 0.3) is 0 Å². The molecular weight excluding hydrogens is 208 g/mol. The van der Waals surface area contributed by atoms with E-state index in [4.69, 9.17) is 0 Å². The van der Waals surface area contributed by atoms with E-state index in [2.05, 4.69) is 43.1 Å². The van der Waals surface area contributed by atoms with E-state index in [9.17, 15) is 0 Å².